The molecule has 0 aliphatic heterocycles. The molecule has 4 nitrogen and oxygen atoms in total. The molecule has 144 valence electrons. The first-order chi connectivity index (χ1) is 12.0. The lowest BCUT2D eigenvalue weighted by molar-refractivity contribution is 0.555. The third kappa shape index (κ3) is 9.54. The molecule has 1 aromatic carbocycles. The van der Waals surface area contributed by atoms with Gasteiger partial charge in [-0.05, 0) is 57.1 Å². The number of nitrogens with two attached hydrogens (primary N) is 1. The number of unbranched alkanes of at least 4 members (excludes halogenated alkanes) is 6. The van der Waals surface area contributed by atoms with E-state index >= 15 is 0 Å². The van der Waals surface area contributed by atoms with Gasteiger partial charge in [0, 0.05) is 0 Å². The maximum absolute atomic E-state index is 13.2. The topological polar surface area (TPSA) is 72.2 Å². The lowest BCUT2D eigenvalue weighted by Crippen LogP contribution is -2.19. The van der Waals surface area contributed by atoms with E-state index in [9.17, 15) is 12.8 Å². The summed E-state index contributed by atoms with van der Waals surface area (Å²) in [5.74, 6) is -0.568. The average molecular weight is 393 g/mol. The van der Waals surface area contributed by atoms with Crippen LogP contribution in [0.3, 0.4) is 0 Å². The number of nitrogens with one attached hydrogen (secondary N) is 1. The van der Waals surface area contributed by atoms with Crippen molar-refractivity contribution in [2.24, 2.45) is 5.73 Å². The fourth-order valence-corrected chi connectivity index (χ4v) is 4.54. The zero-order chi connectivity index (χ0) is 18.5. The Labute approximate surface area is 156 Å². The van der Waals surface area contributed by atoms with Gasteiger partial charge < -0.3 is 11.1 Å². The Morgan fingerprint density at radius 2 is 1.56 bits per heavy atom. The van der Waals surface area contributed by atoms with Crippen LogP contribution in [0.4, 0.5) is 4.39 Å². The molecule has 0 aliphatic rings. The van der Waals surface area contributed by atoms with E-state index in [4.69, 9.17) is 17.3 Å². The molecule has 0 unspecified atom stereocenters. The SMILES string of the molecule is NCCCNCCCCCCCCCS(=O)(=O)c1cc(F)ccc1Cl. The van der Waals surface area contributed by atoms with Crippen LogP contribution < -0.4 is 11.1 Å². The van der Waals surface area contributed by atoms with Crippen molar-refractivity contribution in [2.75, 3.05) is 25.4 Å². The van der Waals surface area contributed by atoms with Crippen molar-refractivity contribution < 1.29 is 12.8 Å². The molecule has 0 aliphatic carbocycles. The number of halogens is 2. The largest absolute Gasteiger partial charge is 0.330 e. The van der Waals surface area contributed by atoms with Crippen molar-refractivity contribution in [2.45, 2.75) is 56.3 Å². The van der Waals surface area contributed by atoms with Crippen LogP contribution in [0.25, 0.3) is 0 Å². The van der Waals surface area contributed by atoms with Gasteiger partial charge in [0.15, 0.2) is 9.84 Å². The summed E-state index contributed by atoms with van der Waals surface area (Å²) in [6.45, 7) is 2.75. The predicted octanol–water partition coefficient (Wildman–Crippen LogP) is 3.92. The van der Waals surface area contributed by atoms with Crippen LogP contribution in [0.1, 0.15) is 51.4 Å². The van der Waals surface area contributed by atoms with Gasteiger partial charge in [-0.25, -0.2) is 12.8 Å². The monoisotopic (exact) mass is 392 g/mol. The fourth-order valence-electron chi connectivity index (χ4n) is 2.60. The Kier molecular flexibility index (Phi) is 11.3. The minimum Gasteiger partial charge on any atom is -0.330 e. The normalized spacial score (nSPS) is 11.8. The molecule has 0 spiro atoms. The minimum absolute atomic E-state index is 0.0151. The number of benzene rings is 1. The molecule has 0 saturated carbocycles. The second-order valence-electron chi connectivity index (χ2n) is 6.26. The zero-order valence-electron chi connectivity index (χ0n) is 14.8. The lowest BCUT2D eigenvalue weighted by Gasteiger charge is -2.07. The van der Waals surface area contributed by atoms with E-state index in [2.05, 4.69) is 5.32 Å². The van der Waals surface area contributed by atoms with E-state index in [1.807, 2.05) is 0 Å². The summed E-state index contributed by atoms with van der Waals surface area (Å²) in [5, 5.41) is 3.44. The highest BCUT2D eigenvalue weighted by Crippen LogP contribution is 2.24. The van der Waals surface area contributed by atoms with Crippen LogP contribution in [0.5, 0.6) is 0 Å². The first-order valence-electron chi connectivity index (χ1n) is 9.06. The van der Waals surface area contributed by atoms with Crippen molar-refractivity contribution in [3.63, 3.8) is 0 Å². The van der Waals surface area contributed by atoms with Crippen LogP contribution in [-0.2, 0) is 9.84 Å². The predicted molar refractivity (Wildman–Crippen MR) is 102 cm³/mol. The number of hydrogen-bond acceptors (Lipinski definition) is 4. The molecule has 0 atom stereocenters. The smallest absolute Gasteiger partial charge is 0.179 e. The molecule has 1 rings (SSSR count). The van der Waals surface area contributed by atoms with Crippen molar-refractivity contribution in [3.8, 4) is 0 Å². The third-order valence-electron chi connectivity index (χ3n) is 4.05. The van der Waals surface area contributed by atoms with Gasteiger partial charge in [-0.1, -0.05) is 43.7 Å². The van der Waals surface area contributed by atoms with Gasteiger partial charge in [-0.2, -0.15) is 0 Å². The second-order valence-corrected chi connectivity index (χ2v) is 8.75. The summed E-state index contributed by atoms with van der Waals surface area (Å²) in [7, 11) is -3.52. The highest BCUT2D eigenvalue weighted by Gasteiger charge is 2.18. The van der Waals surface area contributed by atoms with E-state index in [1.165, 1.54) is 18.9 Å². The molecule has 0 radical (unpaired) electrons. The molecule has 3 N–H and O–H groups in total. The molecule has 0 heterocycles. The van der Waals surface area contributed by atoms with Crippen LogP contribution in [-0.4, -0.2) is 33.8 Å². The maximum Gasteiger partial charge on any atom is 0.179 e. The van der Waals surface area contributed by atoms with Gasteiger partial charge in [0.05, 0.1) is 15.7 Å². The van der Waals surface area contributed by atoms with Crippen LogP contribution in [0, 0.1) is 5.82 Å². The number of hydrogen-bond donors (Lipinski definition) is 2. The molecule has 0 aromatic heterocycles. The van der Waals surface area contributed by atoms with Gasteiger partial charge in [0.25, 0.3) is 0 Å². The van der Waals surface area contributed by atoms with Gasteiger partial charge in [-0.15, -0.1) is 0 Å². The zero-order valence-corrected chi connectivity index (χ0v) is 16.3. The van der Waals surface area contributed by atoms with Gasteiger partial charge in [0.2, 0.25) is 0 Å². The summed E-state index contributed by atoms with van der Waals surface area (Å²) in [6.07, 6.45) is 8.11. The van der Waals surface area contributed by atoms with Crippen molar-refractivity contribution in [1.82, 2.24) is 5.32 Å². The van der Waals surface area contributed by atoms with Gasteiger partial charge in [-0.3, -0.25) is 0 Å². The van der Waals surface area contributed by atoms with E-state index in [1.54, 1.807) is 0 Å². The third-order valence-corrected chi connectivity index (χ3v) is 6.33. The number of rotatable bonds is 14. The Hall–Kier alpha value is -0.690. The number of sulfone groups is 1. The van der Waals surface area contributed by atoms with Gasteiger partial charge in [0.1, 0.15) is 5.82 Å². The Morgan fingerprint density at radius 3 is 2.24 bits per heavy atom. The summed E-state index contributed by atoms with van der Waals surface area (Å²) in [4.78, 5) is -0.101. The summed E-state index contributed by atoms with van der Waals surface area (Å²) in [6, 6.07) is 3.45. The standard InChI is InChI=1S/C18H30ClFN2O2S/c19-17-10-9-16(20)15-18(17)25(23,24)14-7-5-3-1-2-4-6-12-22-13-8-11-21/h9-10,15,22H,1-8,11-14,21H2. The highest BCUT2D eigenvalue weighted by molar-refractivity contribution is 7.91. The van der Waals surface area contributed by atoms with Crippen molar-refractivity contribution in [3.05, 3.63) is 29.0 Å². The molecular formula is C18H30ClFN2O2S. The van der Waals surface area contributed by atoms with E-state index in [-0.39, 0.29) is 15.7 Å². The molecule has 0 fully saturated rings. The second kappa shape index (κ2) is 12.6. The lowest BCUT2D eigenvalue weighted by atomic mass is 10.1. The van der Waals surface area contributed by atoms with E-state index in [0.29, 0.717) is 6.42 Å². The highest BCUT2D eigenvalue weighted by atomic mass is 35.5. The van der Waals surface area contributed by atoms with Crippen molar-refractivity contribution >= 4 is 21.4 Å². The summed E-state index contributed by atoms with van der Waals surface area (Å²) >= 11 is 5.87. The van der Waals surface area contributed by atoms with E-state index < -0.39 is 15.7 Å². The van der Waals surface area contributed by atoms with Crippen LogP contribution in [0.15, 0.2) is 23.1 Å². The summed E-state index contributed by atoms with van der Waals surface area (Å²) in [5.41, 5.74) is 5.42. The first kappa shape index (κ1) is 22.4. The molecule has 7 heteroatoms. The average Bonchev–Trinajstić information content (AvgIpc) is 2.58. The van der Waals surface area contributed by atoms with Crippen molar-refractivity contribution in [1.29, 1.82) is 0 Å². The molecule has 0 amide bonds. The Balaban J connectivity index is 2.10. The Bertz CT molecular complexity index is 597. The summed E-state index contributed by atoms with van der Waals surface area (Å²) < 4.78 is 37.7. The molecular weight excluding hydrogens is 363 g/mol. The Morgan fingerprint density at radius 1 is 0.960 bits per heavy atom. The fraction of sp³-hybridized carbons (Fsp3) is 0.667. The van der Waals surface area contributed by atoms with Gasteiger partial charge >= 0.3 is 0 Å². The first-order valence-corrected chi connectivity index (χ1v) is 11.1. The molecule has 25 heavy (non-hydrogen) atoms. The van der Waals surface area contributed by atoms with E-state index in [0.717, 1.165) is 63.9 Å². The molecule has 0 saturated heterocycles. The van der Waals surface area contributed by atoms with Crippen LogP contribution >= 0.6 is 11.6 Å². The van der Waals surface area contributed by atoms with Crippen LogP contribution in [0.2, 0.25) is 5.02 Å². The molecule has 0 bridgehead atoms. The quantitative estimate of drug-likeness (QED) is 0.470. The maximum atomic E-state index is 13.2. The minimum atomic E-state index is -3.52. The molecule has 1 aromatic rings.